The standard InChI is InChI=1S/C44H30N4/c45-38-26-37-39(30-19-8-7-18-29(30)38)31-20-9-11-23-34(31)44(37)35-24-12-10-21-32(35)40-33(22-13-25-36(40)44)43-47-41(27-14-3-1-4-15-27)46-42(48-43)28-16-5-2-6-17-28/h1-26,43H,45H2,(H,46,47,48). The van der Waals surface area contributed by atoms with Crippen molar-refractivity contribution in [2.24, 2.45) is 9.98 Å². The predicted molar refractivity (Wildman–Crippen MR) is 196 cm³/mol. The van der Waals surface area contributed by atoms with Crippen molar-refractivity contribution in [3.8, 4) is 22.3 Å². The van der Waals surface area contributed by atoms with Crippen LogP contribution in [0.3, 0.4) is 0 Å². The molecule has 226 valence electrons. The number of hydrogen-bond donors (Lipinski definition) is 2. The molecule has 0 radical (unpaired) electrons. The van der Waals surface area contributed by atoms with E-state index >= 15 is 0 Å². The minimum Gasteiger partial charge on any atom is -0.398 e. The van der Waals surface area contributed by atoms with Crippen molar-refractivity contribution in [3.05, 3.63) is 197 Å². The van der Waals surface area contributed by atoms with Crippen LogP contribution in [0.2, 0.25) is 0 Å². The van der Waals surface area contributed by atoms with Gasteiger partial charge in [-0.1, -0.05) is 152 Å². The van der Waals surface area contributed by atoms with Crippen LogP contribution >= 0.6 is 0 Å². The van der Waals surface area contributed by atoms with Crippen LogP contribution in [0.1, 0.15) is 45.1 Å². The summed E-state index contributed by atoms with van der Waals surface area (Å²) in [7, 11) is 0. The van der Waals surface area contributed by atoms with Crippen molar-refractivity contribution >= 4 is 28.1 Å². The maximum Gasteiger partial charge on any atom is 0.170 e. The minimum atomic E-state index is -0.531. The summed E-state index contributed by atoms with van der Waals surface area (Å²) >= 11 is 0. The van der Waals surface area contributed by atoms with Crippen LogP contribution in [0.4, 0.5) is 5.69 Å². The van der Waals surface area contributed by atoms with E-state index in [0.29, 0.717) is 0 Å². The monoisotopic (exact) mass is 614 g/mol. The number of rotatable bonds is 3. The van der Waals surface area contributed by atoms with E-state index in [2.05, 4.69) is 127 Å². The number of hydrogen-bond acceptors (Lipinski definition) is 4. The van der Waals surface area contributed by atoms with Gasteiger partial charge in [-0.25, -0.2) is 9.98 Å². The lowest BCUT2D eigenvalue weighted by Crippen LogP contribution is -2.36. The van der Waals surface area contributed by atoms with Crippen LogP contribution in [0.5, 0.6) is 0 Å². The summed E-state index contributed by atoms with van der Waals surface area (Å²) in [5.74, 6) is 1.62. The zero-order valence-corrected chi connectivity index (χ0v) is 26.1. The van der Waals surface area contributed by atoms with Gasteiger partial charge in [-0.2, -0.15) is 0 Å². The number of nitrogens with two attached hydrogens (primary N) is 1. The second kappa shape index (κ2) is 10.1. The van der Waals surface area contributed by atoms with E-state index in [1.807, 2.05) is 36.4 Å². The summed E-state index contributed by atoms with van der Waals surface area (Å²) in [6.45, 7) is 0. The zero-order valence-electron chi connectivity index (χ0n) is 26.1. The molecule has 4 heteroatoms. The van der Waals surface area contributed by atoms with Gasteiger partial charge in [0, 0.05) is 27.8 Å². The fraction of sp³-hybridized carbons (Fsp3) is 0.0455. The SMILES string of the molecule is Nc1cc2c(c3ccccc13)-c1ccccc1C21c2ccccc2-c2c(C3N=C(c4ccccc4)NC(c4ccccc4)=N3)cccc21. The third-order valence-corrected chi connectivity index (χ3v) is 10.3. The van der Waals surface area contributed by atoms with Crippen LogP contribution in [-0.4, -0.2) is 11.7 Å². The van der Waals surface area contributed by atoms with Gasteiger partial charge in [0.2, 0.25) is 0 Å². The van der Waals surface area contributed by atoms with E-state index in [4.69, 9.17) is 15.7 Å². The van der Waals surface area contributed by atoms with Gasteiger partial charge >= 0.3 is 0 Å². The molecule has 0 saturated carbocycles. The lowest BCUT2D eigenvalue weighted by molar-refractivity contribution is 0.751. The smallest absolute Gasteiger partial charge is 0.170 e. The van der Waals surface area contributed by atoms with Crippen LogP contribution in [0.25, 0.3) is 33.0 Å². The summed E-state index contributed by atoms with van der Waals surface area (Å²) in [6, 6.07) is 55.9. The maximum atomic E-state index is 6.90. The molecule has 1 atom stereocenters. The summed E-state index contributed by atoms with van der Waals surface area (Å²) < 4.78 is 0. The summed E-state index contributed by atoms with van der Waals surface area (Å²) in [4.78, 5) is 10.6. The molecule has 7 aromatic rings. The van der Waals surface area contributed by atoms with Gasteiger partial charge in [0.15, 0.2) is 6.17 Å². The number of benzene rings is 7. The fourth-order valence-corrected chi connectivity index (χ4v) is 8.39. The Balaban J connectivity index is 1.28. The molecule has 7 aromatic carbocycles. The van der Waals surface area contributed by atoms with Gasteiger partial charge in [0.25, 0.3) is 0 Å². The van der Waals surface area contributed by atoms with Gasteiger partial charge in [0.1, 0.15) is 11.7 Å². The molecule has 0 bridgehead atoms. The number of nitrogens with one attached hydrogen (secondary N) is 1. The zero-order chi connectivity index (χ0) is 31.8. The van der Waals surface area contributed by atoms with Gasteiger partial charge < -0.3 is 11.1 Å². The average molecular weight is 615 g/mol. The average Bonchev–Trinajstić information content (AvgIpc) is 3.63. The highest BCUT2D eigenvalue weighted by Gasteiger charge is 2.53. The Morgan fingerprint density at radius 3 is 1.65 bits per heavy atom. The van der Waals surface area contributed by atoms with Gasteiger partial charge in [0.05, 0.1) is 5.41 Å². The van der Waals surface area contributed by atoms with Crippen molar-refractivity contribution in [2.45, 2.75) is 11.6 Å². The van der Waals surface area contributed by atoms with Crippen LogP contribution in [-0.2, 0) is 5.41 Å². The van der Waals surface area contributed by atoms with Gasteiger partial charge in [-0.3, -0.25) is 0 Å². The Labute approximate surface area is 279 Å². The van der Waals surface area contributed by atoms with Crippen molar-refractivity contribution < 1.29 is 0 Å². The highest BCUT2D eigenvalue weighted by molar-refractivity contribution is 6.16. The quantitative estimate of drug-likeness (QED) is 0.195. The Kier molecular flexibility index (Phi) is 5.67. The molecular formula is C44H30N4. The molecule has 3 aliphatic rings. The molecule has 0 fully saturated rings. The van der Waals surface area contributed by atoms with Gasteiger partial charge in [-0.05, 0) is 56.0 Å². The first-order valence-corrected chi connectivity index (χ1v) is 16.4. The highest BCUT2D eigenvalue weighted by atomic mass is 15.2. The van der Waals surface area contributed by atoms with E-state index in [1.165, 1.54) is 49.9 Å². The molecular weight excluding hydrogens is 585 g/mol. The first-order valence-electron chi connectivity index (χ1n) is 16.4. The van der Waals surface area contributed by atoms with E-state index in [0.717, 1.165) is 39.4 Å². The Hall–Kier alpha value is -6.26. The van der Waals surface area contributed by atoms with E-state index < -0.39 is 11.6 Å². The lowest BCUT2D eigenvalue weighted by atomic mass is 9.70. The van der Waals surface area contributed by atoms with E-state index in [1.54, 1.807) is 0 Å². The highest BCUT2D eigenvalue weighted by Crippen LogP contribution is 2.65. The third kappa shape index (κ3) is 3.60. The van der Waals surface area contributed by atoms with Crippen LogP contribution in [0, 0.1) is 0 Å². The summed E-state index contributed by atoms with van der Waals surface area (Å²) in [6.07, 6.45) is -0.451. The topological polar surface area (TPSA) is 62.8 Å². The molecule has 3 N–H and O–H groups in total. The lowest BCUT2D eigenvalue weighted by Gasteiger charge is -2.31. The van der Waals surface area contributed by atoms with Crippen molar-refractivity contribution in [2.75, 3.05) is 5.73 Å². The molecule has 1 unspecified atom stereocenters. The number of fused-ring (bicyclic) bond motifs is 12. The van der Waals surface area contributed by atoms with Crippen LogP contribution < -0.4 is 11.1 Å². The number of aliphatic imine (C=N–C) groups is 2. The van der Waals surface area contributed by atoms with Crippen LogP contribution in [0.15, 0.2) is 168 Å². The van der Waals surface area contributed by atoms with Gasteiger partial charge in [-0.15, -0.1) is 0 Å². The first kappa shape index (κ1) is 26.9. The first-order chi connectivity index (χ1) is 23.7. The van der Waals surface area contributed by atoms with E-state index in [9.17, 15) is 0 Å². The number of amidine groups is 2. The molecule has 0 aromatic heterocycles. The third-order valence-electron chi connectivity index (χ3n) is 10.3. The number of nitrogen functional groups attached to an aromatic ring is 1. The largest absolute Gasteiger partial charge is 0.398 e. The minimum absolute atomic E-state index is 0.451. The van der Waals surface area contributed by atoms with Crippen molar-refractivity contribution in [1.29, 1.82) is 0 Å². The molecule has 10 rings (SSSR count). The molecule has 1 heterocycles. The van der Waals surface area contributed by atoms with E-state index in [-0.39, 0.29) is 0 Å². The number of anilines is 1. The molecule has 1 aliphatic heterocycles. The molecule has 0 amide bonds. The summed E-state index contributed by atoms with van der Waals surface area (Å²) in [5, 5.41) is 5.83. The second-order valence-electron chi connectivity index (χ2n) is 12.7. The maximum absolute atomic E-state index is 6.90. The van der Waals surface area contributed by atoms with Crippen molar-refractivity contribution in [3.63, 3.8) is 0 Å². The fourth-order valence-electron chi connectivity index (χ4n) is 8.39. The Morgan fingerprint density at radius 2 is 1.00 bits per heavy atom. The summed E-state index contributed by atoms with van der Waals surface area (Å²) in [5.41, 5.74) is 20.3. The molecule has 48 heavy (non-hydrogen) atoms. The molecule has 4 nitrogen and oxygen atoms in total. The predicted octanol–water partition coefficient (Wildman–Crippen LogP) is 9.26. The number of nitrogens with zero attached hydrogens (tertiary/aromatic N) is 2. The molecule has 0 saturated heterocycles. The van der Waals surface area contributed by atoms with Crippen molar-refractivity contribution in [1.82, 2.24) is 5.32 Å². The molecule has 1 spiro atoms. The normalized spacial score (nSPS) is 17.2. The Bertz CT molecular complexity index is 2440. The second-order valence-corrected chi connectivity index (χ2v) is 12.7. The molecule has 2 aliphatic carbocycles. The Morgan fingerprint density at radius 1 is 0.479 bits per heavy atom.